The number of nitrogens with one attached hydrogen (secondary N) is 3. The first-order valence-corrected chi connectivity index (χ1v) is 10.2. The molecule has 2 aliphatic heterocycles. The molecule has 0 radical (unpaired) electrons. The van der Waals surface area contributed by atoms with Gasteiger partial charge >= 0.3 is 0 Å². The fraction of sp³-hybridized carbons (Fsp3) is 0.619. The van der Waals surface area contributed by atoms with E-state index in [-0.39, 0.29) is 36.6 Å². The average molecular weight is 445 g/mol. The van der Waals surface area contributed by atoms with Crippen LogP contribution >= 0.6 is 24.8 Å². The van der Waals surface area contributed by atoms with E-state index in [4.69, 9.17) is 0 Å². The van der Waals surface area contributed by atoms with Crippen LogP contribution in [0.3, 0.4) is 0 Å². The van der Waals surface area contributed by atoms with Gasteiger partial charge in [0.2, 0.25) is 11.8 Å². The highest BCUT2D eigenvalue weighted by atomic mass is 35.5. The molecule has 3 rings (SSSR count). The van der Waals surface area contributed by atoms with Crippen molar-refractivity contribution >= 4 is 48.0 Å². The summed E-state index contributed by atoms with van der Waals surface area (Å²) in [4.78, 5) is 26.8. The minimum absolute atomic E-state index is 0. The van der Waals surface area contributed by atoms with Gasteiger partial charge in [-0.25, -0.2) is 0 Å². The Labute approximate surface area is 186 Å². The number of hydrogen-bond acceptors (Lipinski definition) is 4. The van der Waals surface area contributed by atoms with Crippen LogP contribution in [0.1, 0.15) is 44.1 Å². The third-order valence-electron chi connectivity index (χ3n) is 5.55. The zero-order chi connectivity index (χ0) is 19.1. The lowest BCUT2D eigenvalue weighted by atomic mass is 10.0. The molecule has 6 nitrogen and oxygen atoms in total. The molecule has 0 aliphatic carbocycles. The molecule has 2 fully saturated rings. The number of benzene rings is 1. The molecule has 0 spiro atoms. The molecule has 3 N–H and O–H groups in total. The second-order valence-electron chi connectivity index (χ2n) is 7.86. The summed E-state index contributed by atoms with van der Waals surface area (Å²) >= 11 is 0. The summed E-state index contributed by atoms with van der Waals surface area (Å²) in [6.45, 7) is 6.48. The first-order valence-electron chi connectivity index (χ1n) is 10.2. The molecule has 29 heavy (non-hydrogen) atoms. The maximum Gasteiger partial charge on any atom is 0.238 e. The Morgan fingerprint density at radius 2 is 1.86 bits per heavy atom. The van der Waals surface area contributed by atoms with Crippen molar-refractivity contribution in [2.45, 2.75) is 45.4 Å². The highest BCUT2D eigenvalue weighted by molar-refractivity contribution is 5.95. The fourth-order valence-electron chi connectivity index (χ4n) is 3.86. The Bertz CT molecular complexity index is 660. The van der Waals surface area contributed by atoms with E-state index in [9.17, 15) is 9.59 Å². The van der Waals surface area contributed by atoms with E-state index in [2.05, 4.69) is 20.9 Å². The molecule has 0 bridgehead atoms. The molecule has 1 atom stereocenters. The van der Waals surface area contributed by atoms with Gasteiger partial charge in [0.1, 0.15) is 0 Å². The van der Waals surface area contributed by atoms with E-state index in [0.717, 1.165) is 56.0 Å². The molecule has 0 aromatic heterocycles. The molecular formula is C21H34Cl2N4O2. The van der Waals surface area contributed by atoms with Crippen LogP contribution in [0.5, 0.6) is 0 Å². The Morgan fingerprint density at radius 3 is 2.55 bits per heavy atom. The summed E-state index contributed by atoms with van der Waals surface area (Å²) in [6.07, 6.45) is 6.22. The Kier molecular flexibility index (Phi) is 11.6. The van der Waals surface area contributed by atoms with Crippen molar-refractivity contribution in [2.24, 2.45) is 5.92 Å². The number of amides is 2. The molecular weight excluding hydrogens is 411 g/mol. The quantitative estimate of drug-likeness (QED) is 0.600. The topological polar surface area (TPSA) is 73.5 Å². The summed E-state index contributed by atoms with van der Waals surface area (Å²) in [5, 5.41) is 9.31. The van der Waals surface area contributed by atoms with Crippen molar-refractivity contribution in [1.82, 2.24) is 10.2 Å². The Hall–Kier alpha value is -1.34. The monoisotopic (exact) mass is 444 g/mol. The Balaban J connectivity index is 0.00000210. The van der Waals surface area contributed by atoms with Crippen LogP contribution in [0.25, 0.3) is 0 Å². The standard InChI is InChI=1S/C21H32N4O2.2ClH/c1-16-5-7-18(23-20(26)8-6-17-9-10-22-14-17)13-19(16)24-21(27)15-25-11-3-2-4-12-25;;/h5,7,13,17,22H,2-4,6,8-12,14-15H2,1H3,(H,23,26)(H,24,27);2*1H. The smallest absolute Gasteiger partial charge is 0.238 e. The van der Waals surface area contributed by atoms with Crippen molar-refractivity contribution in [3.63, 3.8) is 0 Å². The van der Waals surface area contributed by atoms with Crippen molar-refractivity contribution < 1.29 is 9.59 Å². The SMILES string of the molecule is Cc1ccc(NC(=O)CCC2CCNC2)cc1NC(=O)CN1CCCCC1.Cl.Cl. The number of nitrogens with zero attached hydrogens (tertiary/aromatic N) is 1. The molecule has 2 heterocycles. The van der Waals surface area contributed by atoms with Crippen LogP contribution in [0.15, 0.2) is 18.2 Å². The summed E-state index contributed by atoms with van der Waals surface area (Å²) in [5.41, 5.74) is 2.51. The van der Waals surface area contributed by atoms with Crippen LogP contribution in [-0.4, -0.2) is 49.4 Å². The zero-order valence-corrected chi connectivity index (χ0v) is 18.8. The van der Waals surface area contributed by atoms with E-state index in [0.29, 0.717) is 18.9 Å². The van der Waals surface area contributed by atoms with Gasteiger partial charge in [-0.3, -0.25) is 14.5 Å². The van der Waals surface area contributed by atoms with Crippen LogP contribution in [0, 0.1) is 12.8 Å². The van der Waals surface area contributed by atoms with Crippen LogP contribution < -0.4 is 16.0 Å². The number of anilines is 2. The second kappa shape index (κ2) is 13.1. The van der Waals surface area contributed by atoms with E-state index >= 15 is 0 Å². The second-order valence-corrected chi connectivity index (χ2v) is 7.86. The van der Waals surface area contributed by atoms with Gasteiger partial charge < -0.3 is 16.0 Å². The number of carbonyl (C=O) groups excluding carboxylic acids is 2. The maximum atomic E-state index is 12.4. The van der Waals surface area contributed by atoms with Gasteiger partial charge in [-0.15, -0.1) is 24.8 Å². The van der Waals surface area contributed by atoms with E-state index in [1.54, 1.807) is 0 Å². The molecule has 2 amide bonds. The number of rotatable bonds is 7. The number of aryl methyl sites for hydroxylation is 1. The molecule has 1 unspecified atom stereocenters. The highest BCUT2D eigenvalue weighted by Gasteiger charge is 2.17. The van der Waals surface area contributed by atoms with Gasteiger partial charge in [0.05, 0.1) is 6.54 Å². The predicted molar refractivity (Wildman–Crippen MR) is 123 cm³/mol. The highest BCUT2D eigenvalue weighted by Crippen LogP contribution is 2.21. The number of likely N-dealkylation sites (tertiary alicyclic amines) is 1. The summed E-state index contributed by atoms with van der Waals surface area (Å²) in [6, 6.07) is 5.69. The molecule has 2 aliphatic rings. The fourth-order valence-corrected chi connectivity index (χ4v) is 3.86. The lowest BCUT2D eigenvalue weighted by Crippen LogP contribution is -2.36. The molecule has 1 aromatic rings. The minimum Gasteiger partial charge on any atom is -0.326 e. The maximum absolute atomic E-state index is 12.4. The average Bonchev–Trinajstić information content (AvgIpc) is 3.17. The normalized spacial score (nSPS) is 19.0. The van der Waals surface area contributed by atoms with Gasteiger partial charge in [0, 0.05) is 17.8 Å². The molecule has 2 saturated heterocycles. The van der Waals surface area contributed by atoms with Gasteiger partial charge in [-0.2, -0.15) is 0 Å². The molecule has 0 saturated carbocycles. The number of hydrogen-bond donors (Lipinski definition) is 3. The van der Waals surface area contributed by atoms with Crippen molar-refractivity contribution in [1.29, 1.82) is 0 Å². The molecule has 164 valence electrons. The first kappa shape index (κ1) is 25.7. The van der Waals surface area contributed by atoms with Crippen molar-refractivity contribution in [2.75, 3.05) is 43.4 Å². The first-order chi connectivity index (χ1) is 13.1. The third kappa shape index (κ3) is 8.51. The predicted octanol–water partition coefficient (Wildman–Crippen LogP) is 3.59. The van der Waals surface area contributed by atoms with Gasteiger partial charge in [0.15, 0.2) is 0 Å². The summed E-state index contributed by atoms with van der Waals surface area (Å²) < 4.78 is 0. The van der Waals surface area contributed by atoms with Crippen LogP contribution in [0.2, 0.25) is 0 Å². The van der Waals surface area contributed by atoms with Crippen LogP contribution in [-0.2, 0) is 9.59 Å². The van der Waals surface area contributed by atoms with E-state index < -0.39 is 0 Å². The molecule has 8 heteroatoms. The van der Waals surface area contributed by atoms with Crippen LogP contribution in [0.4, 0.5) is 11.4 Å². The van der Waals surface area contributed by atoms with Crippen molar-refractivity contribution in [3.05, 3.63) is 23.8 Å². The zero-order valence-electron chi connectivity index (χ0n) is 17.2. The lowest BCUT2D eigenvalue weighted by molar-refractivity contribution is -0.117. The van der Waals surface area contributed by atoms with E-state index in [1.165, 1.54) is 19.3 Å². The number of carbonyl (C=O) groups is 2. The molecule has 1 aromatic carbocycles. The van der Waals surface area contributed by atoms with Gasteiger partial charge in [-0.1, -0.05) is 12.5 Å². The number of halogens is 2. The van der Waals surface area contributed by atoms with Gasteiger partial charge in [-0.05, 0) is 82.4 Å². The minimum atomic E-state index is 0. The number of piperidine rings is 1. The van der Waals surface area contributed by atoms with Gasteiger partial charge in [0.25, 0.3) is 0 Å². The van der Waals surface area contributed by atoms with E-state index in [1.807, 2.05) is 25.1 Å². The lowest BCUT2D eigenvalue weighted by Gasteiger charge is -2.25. The summed E-state index contributed by atoms with van der Waals surface area (Å²) in [7, 11) is 0. The van der Waals surface area contributed by atoms with Crippen molar-refractivity contribution in [3.8, 4) is 0 Å². The summed E-state index contributed by atoms with van der Waals surface area (Å²) in [5.74, 6) is 0.659. The third-order valence-corrected chi connectivity index (χ3v) is 5.55. The largest absolute Gasteiger partial charge is 0.326 e. The Morgan fingerprint density at radius 1 is 1.10 bits per heavy atom.